The lowest BCUT2D eigenvalue weighted by Gasteiger charge is -2.34. The van der Waals surface area contributed by atoms with E-state index in [-0.39, 0.29) is 6.10 Å². The molecular formula is C14H24N4O. The van der Waals surface area contributed by atoms with Gasteiger partial charge in [0.1, 0.15) is 18.0 Å². The summed E-state index contributed by atoms with van der Waals surface area (Å²) >= 11 is 0. The third-order valence-electron chi connectivity index (χ3n) is 3.33. The molecule has 106 valence electrons. The van der Waals surface area contributed by atoms with Gasteiger partial charge >= 0.3 is 0 Å². The smallest absolute Gasteiger partial charge is 0.137 e. The van der Waals surface area contributed by atoms with Crippen LogP contribution in [-0.4, -0.2) is 42.3 Å². The Balaban J connectivity index is 2.35. The van der Waals surface area contributed by atoms with Crippen molar-refractivity contribution in [3.63, 3.8) is 0 Å². The van der Waals surface area contributed by atoms with Gasteiger partial charge in [-0.15, -0.1) is 0 Å². The van der Waals surface area contributed by atoms with Gasteiger partial charge < -0.3 is 15.0 Å². The van der Waals surface area contributed by atoms with Crippen LogP contribution in [0.4, 0.5) is 11.6 Å². The lowest BCUT2D eigenvalue weighted by atomic mass is 10.0. The van der Waals surface area contributed by atoms with E-state index in [9.17, 15) is 0 Å². The van der Waals surface area contributed by atoms with E-state index in [4.69, 9.17) is 4.74 Å². The first-order valence-electron chi connectivity index (χ1n) is 7.08. The van der Waals surface area contributed by atoms with Gasteiger partial charge in [0.2, 0.25) is 0 Å². The van der Waals surface area contributed by atoms with Crippen molar-refractivity contribution in [3.05, 3.63) is 11.9 Å². The Morgan fingerprint density at radius 1 is 1.47 bits per heavy atom. The normalized spacial score (nSPS) is 19.8. The molecule has 1 aromatic heterocycles. The first-order valence-corrected chi connectivity index (χ1v) is 7.08. The van der Waals surface area contributed by atoms with Gasteiger partial charge in [-0.2, -0.15) is 0 Å². The Labute approximate surface area is 115 Å². The van der Waals surface area contributed by atoms with Gasteiger partial charge in [0.15, 0.2) is 0 Å². The molecule has 1 aliphatic rings. The zero-order valence-electron chi connectivity index (χ0n) is 12.3. The number of rotatable bonds is 4. The van der Waals surface area contributed by atoms with Crippen LogP contribution in [0.15, 0.2) is 6.33 Å². The van der Waals surface area contributed by atoms with Gasteiger partial charge in [-0.05, 0) is 19.8 Å². The van der Waals surface area contributed by atoms with Crippen LogP contribution in [0.2, 0.25) is 0 Å². The fourth-order valence-electron chi connectivity index (χ4n) is 2.49. The van der Waals surface area contributed by atoms with Crippen molar-refractivity contribution in [2.24, 2.45) is 0 Å². The molecule has 5 heteroatoms. The average Bonchev–Trinajstić information content (AvgIpc) is 2.38. The van der Waals surface area contributed by atoms with E-state index in [2.05, 4.69) is 47.9 Å². The summed E-state index contributed by atoms with van der Waals surface area (Å²) < 4.78 is 5.61. The van der Waals surface area contributed by atoms with Crippen LogP contribution in [0.5, 0.6) is 0 Å². The summed E-state index contributed by atoms with van der Waals surface area (Å²) in [7, 11) is 0. The van der Waals surface area contributed by atoms with Crippen LogP contribution in [0.1, 0.15) is 39.2 Å². The molecule has 0 bridgehead atoms. The second-order valence-electron chi connectivity index (χ2n) is 5.27. The predicted molar refractivity (Wildman–Crippen MR) is 77.9 cm³/mol. The Kier molecular flexibility index (Phi) is 4.58. The number of anilines is 2. The first-order chi connectivity index (χ1) is 9.13. The molecule has 0 radical (unpaired) electrons. The van der Waals surface area contributed by atoms with Crippen LogP contribution < -0.4 is 10.2 Å². The van der Waals surface area contributed by atoms with E-state index in [1.165, 1.54) is 5.56 Å². The molecule has 0 aromatic carbocycles. The summed E-state index contributed by atoms with van der Waals surface area (Å²) in [4.78, 5) is 11.2. The highest BCUT2D eigenvalue weighted by atomic mass is 16.5. The maximum atomic E-state index is 5.61. The molecular weight excluding hydrogens is 240 g/mol. The van der Waals surface area contributed by atoms with Crippen LogP contribution in [0.25, 0.3) is 0 Å². The molecule has 1 atom stereocenters. The molecule has 0 spiro atoms. The van der Waals surface area contributed by atoms with Gasteiger partial charge in [0.05, 0.1) is 12.7 Å². The van der Waals surface area contributed by atoms with Crippen molar-refractivity contribution in [2.75, 3.05) is 36.5 Å². The van der Waals surface area contributed by atoms with Crippen LogP contribution in [0.3, 0.4) is 0 Å². The summed E-state index contributed by atoms with van der Waals surface area (Å²) in [5.41, 5.74) is 1.21. The highest BCUT2D eigenvalue weighted by molar-refractivity contribution is 5.60. The molecule has 0 aliphatic carbocycles. The third kappa shape index (κ3) is 3.15. The van der Waals surface area contributed by atoms with Gasteiger partial charge in [-0.3, -0.25) is 0 Å². The maximum absolute atomic E-state index is 5.61. The second-order valence-corrected chi connectivity index (χ2v) is 5.27. The number of hydrogen-bond acceptors (Lipinski definition) is 5. The quantitative estimate of drug-likeness (QED) is 0.904. The summed E-state index contributed by atoms with van der Waals surface area (Å²) in [6, 6.07) is 0. The first kappa shape index (κ1) is 14.1. The Bertz CT molecular complexity index is 422. The van der Waals surface area contributed by atoms with Gasteiger partial charge in [0.25, 0.3) is 0 Å². The predicted octanol–water partition coefficient (Wildman–Crippen LogP) is 2.26. The number of aromatic nitrogens is 2. The van der Waals surface area contributed by atoms with Gasteiger partial charge in [-0.25, -0.2) is 9.97 Å². The summed E-state index contributed by atoms with van der Waals surface area (Å²) in [5, 5.41) is 3.34. The summed E-state index contributed by atoms with van der Waals surface area (Å²) in [6.45, 7) is 12.0. The Morgan fingerprint density at radius 3 is 2.89 bits per heavy atom. The molecule has 5 nitrogen and oxygen atoms in total. The Hall–Kier alpha value is -1.36. The fourth-order valence-corrected chi connectivity index (χ4v) is 2.49. The highest BCUT2D eigenvalue weighted by Gasteiger charge is 2.23. The van der Waals surface area contributed by atoms with Gasteiger partial charge in [0, 0.05) is 25.2 Å². The Morgan fingerprint density at radius 2 is 2.26 bits per heavy atom. The van der Waals surface area contributed by atoms with E-state index in [1.54, 1.807) is 6.33 Å². The lowest BCUT2D eigenvalue weighted by Crippen LogP contribution is -2.42. The zero-order chi connectivity index (χ0) is 13.8. The minimum absolute atomic E-state index is 0.256. The molecule has 1 unspecified atom stereocenters. The van der Waals surface area contributed by atoms with E-state index in [1.807, 2.05) is 0 Å². The molecule has 1 N–H and O–H groups in total. The van der Waals surface area contributed by atoms with Crippen molar-refractivity contribution in [3.8, 4) is 0 Å². The number of nitrogens with zero attached hydrogens (tertiary/aromatic N) is 3. The van der Waals surface area contributed by atoms with Gasteiger partial charge in [-0.1, -0.05) is 13.8 Å². The number of hydrogen-bond donors (Lipinski definition) is 1. The molecule has 0 amide bonds. The molecule has 1 aliphatic heterocycles. The molecule has 1 saturated heterocycles. The maximum Gasteiger partial charge on any atom is 0.137 e. The minimum Gasteiger partial charge on any atom is -0.375 e. The van der Waals surface area contributed by atoms with E-state index < -0.39 is 0 Å². The SMILES string of the molecule is CCNc1ncnc(N2CCOC(C)C2)c1C(C)C. The van der Waals surface area contributed by atoms with E-state index in [0.717, 1.165) is 37.9 Å². The third-order valence-corrected chi connectivity index (χ3v) is 3.33. The molecule has 19 heavy (non-hydrogen) atoms. The molecule has 0 saturated carbocycles. The largest absolute Gasteiger partial charge is 0.375 e. The van der Waals surface area contributed by atoms with Crippen LogP contribution in [-0.2, 0) is 4.74 Å². The monoisotopic (exact) mass is 264 g/mol. The van der Waals surface area contributed by atoms with Crippen molar-refractivity contribution in [1.29, 1.82) is 0 Å². The lowest BCUT2D eigenvalue weighted by molar-refractivity contribution is 0.0528. The second kappa shape index (κ2) is 6.19. The standard InChI is InChI=1S/C14H24N4O/c1-5-15-13-12(10(2)3)14(17-9-16-13)18-6-7-19-11(4)8-18/h9-11H,5-8H2,1-4H3,(H,15,16,17). The van der Waals surface area contributed by atoms with E-state index >= 15 is 0 Å². The van der Waals surface area contributed by atoms with Crippen LogP contribution in [0, 0.1) is 0 Å². The number of ether oxygens (including phenoxy) is 1. The fraction of sp³-hybridized carbons (Fsp3) is 0.714. The summed E-state index contributed by atoms with van der Waals surface area (Å²) in [6.07, 6.45) is 1.91. The average molecular weight is 264 g/mol. The molecule has 1 aromatic rings. The van der Waals surface area contributed by atoms with Crippen molar-refractivity contribution < 1.29 is 4.74 Å². The number of morpholine rings is 1. The minimum atomic E-state index is 0.256. The zero-order valence-corrected chi connectivity index (χ0v) is 12.3. The van der Waals surface area contributed by atoms with Crippen LogP contribution >= 0.6 is 0 Å². The highest BCUT2D eigenvalue weighted by Crippen LogP contribution is 2.31. The van der Waals surface area contributed by atoms with Crippen molar-refractivity contribution >= 4 is 11.6 Å². The summed E-state index contributed by atoms with van der Waals surface area (Å²) in [5.74, 6) is 2.40. The van der Waals surface area contributed by atoms with Crippen molar-refractivity contribution in [2.45, 2.75) is 39.7 Å². The van der Waals surface area contributed by atoms with E-state index in [0.29, 0.717) is 5.92 Å². The molecule has 2 heterocycles. The van der Waals surface area contributed by atoms with Crippen molar-refractivity contribution in [1.82, 2.24) is 9.97 Å². The molecule has 2 rings (SSSR count). The molecule has 1 fully saturated rings. The topological polar surface area (TPSA) is 50.3 Å². The number of nitrogens with one attached hydrogen (secondary N) is 1.